The van der Waals surface area contributed by atoms with Gasteiger partial charge in [0.25, 0.3) is 0 Å². The molecule has 0 saturated carbocycles. The molecule has 6 nitrogen and oxygen atoms in total. The van der Waals surface area contributed by atoms with Gasteiger partial charge in [0.1, 0.15) is 13.6 Å². The van der Waals surface area contributed by atoms with E-state index in [2.05, 4.69) is 16.3 Å². The molecule has 0 aliphatic rings. The molecule has 0 spiro atoms. The van der Waals surface area contributed by atoms with Gasteiger partial charge in [0.2, 0.25) is 0 Å². The predicted octanol–water partition coefficient (Wildman–Crippen LogP) is -2.78. The zero-order valence-electron chi connectivity index (χ0n) is 8.27. The van der Waals surface area contributed by atoms with E-state index in [1.807, 2.05) is 21.1 Å². The molecule has 0 saturated heterocycles. The predicted molar refractivity (Wildman–Crippen MR) is 47.4 cm³/mol. The summed E-state index contributed by atoms with van der Waals surface area (Å²) >= 11 is 0. The fourth-order valence-corrected chi connectivity index (χ4v) is 0.907. The number of rotatable bonds is 6. The standard InChI is InChI=1S/C6H20N5O/c1-7-5-6-11(4,8-2)9-10(3)12/h7-10H,5-6H2,1-4H3/q+1. The van der Waals surface area contributed by atoms with Gasteiger partial charge in [-0.05, 0) is 7.05 Å². The van der Waals surface area contributed by atoms with Gasteiger partial charge in [-0.25, -0.2) is 5.17 Å². The second-order valence-corrected chi connectivity index (χ2v) is 2.91. The second kappa shape index (κ2) is 5.41. The topological polar surface area (TPSA) is 63.6 Å². The van der Waals surface area contributed by atoms with E-state index in [0.717, 1.165) is 13.1 Å². The van der Waals surface area contributed by atoms with Crippen molar-refractivity contribution in [3.05, 3.63) is 5.21 Å². The van der Waals surface area contributed by atoms with Crippen LogP contribution < -0.4 is 21.4 Å². The lowest BCUT2D eigenvalue weighted by Crippen LogP contribution is -3.15. The molecular weight excluding hydrogens is 158 g/mol. The van der Waals surface area contributed by atoms with Gasteiger partial charge in [0, 0.05) is 19.1 Å². The fourth-order valence-electron chi connectivity index (χ4n) is 0.907. The summed E-state index contributed by atoms with van der Waals surface area (Å²) in [7, 11) is 7.10. The molecule has 2 atom stereocenters. The van der Waals surface area contributed by atoms with Crippen LogP contribution in [0.4, 0.5) is 0 Å². The lowest BCUT2D eigenvalue weighted by Gasteiger charge is -2.33. The minimum Gasteiger partial charge on any atom is -0.609 e. The van der Waals surface area contributed by atoms with Crippen LogP contribution in [0, 0.1) is 5.21 Å². The SMILES string of the molecule is CNCC[N+](C)(NC)N[NH+](C)[O-]. The Hall–Kier alpha value is -0.240. The van der Waals surface area contributed by atoms with E-state index in [4.69, 9.17) is 0 Å². The molecule has 0 rings (SSSR count). The number of nitrogens with zero attached hydrogens (tertiary/aromatic N) is 1. The number of quaternary nitrogens is 2. The highest BCUT2D eigenvalue weighted by atomic mass is 16.6. The summed E-state index contributed by atoms with van der Waals surface area (Å²) < 4.78 is 0.343. The van der Waals surface area contributed by atoms with Crippen molar-refractivity contribution >= 4 is 0 Å². The smallest absolute Gasteiger partial charge is 0.132 e. The maximum absolute atomic E-state index is 10.8. The molecule has 0 fully saturated rings. The van der Waals surface area contributed by atoms with Crippen molar-refractivity contribution in [1.82, 2.24) is 16.3 Å². The van der Waals surface area contributed by atoms with E-state index in [9.17, 15) is 5.21 Å². The Kier molecular flexibility index (Phi) is 5.31. The van der Waals surface area contributed by atoms with Crippen LogP contribution in [-0.4, -0.2) is 46.0 Å². The van der Waals surface area contributed by atoms with E-state index in [1.54, 1.807) is 0 Å². The van der Waals surface area contributed by atoms with E-state index < -0.39 is 0 Å². The molecule has 0 amide bonds. The normalized spacial score (nSPS) is 18.8. The van der Waals surface area contributed by atoms with Crippen LogP contribution >= 0.6 is 0 Å². The van der Waals surface area contributed by atoms with Crippen molar-refractivity contribution in [2.24, 2.45) is 0 Å². The van der Waals surface area contributed by atoms with Crippen LogP contribution in [0.5, 0.6) is 0 Å². The molecule has 0 aliphatic carbocycles. The summed E-state index contributed by atoms with van der Waals surface area (Å²) in [5.74, 6) is 0. The lowest BCUT2D eigenvalue weighted by atomic mass is 10.6. The molecular formula is C6H20N5O+. The number of hydrogen-bond donors (Lipinski definition) is 4. The first-order chi connectivity index (χ1) is 5.54. The van der Waals surface area contributed by atoms with Crippen LogP contribution in [0.3, 0.4) is 0 Å². The van der Waals surface area contributed by atoms with E-state index in [0.29, 0.717) is 4.70 Å². The third kappa shape index (κ3) is 4.60. The highest BCUT2D eigenvalue weighted by molar-refractivity contribution is 4.32. The summed E-state index contributed by atoms with van der Waals surface area (Å²) in [5, 5.41) is 13.8. The minimum atomic E-state index is -0.0389. The average molecular weight is 178 g/mol. The fraction of sp³-hybridized carbons (Fsp3) is 1.00. The Morgan fingerprint density at radius 2 is 2.00 bits per heavy atom. The van der Waals surface area contributed by atoms with Crippen LogP contribution in [0.1, 0.15) is 0 Å². The second-order valence-electron chi connectivity index (χ2n) is 2.91. The van der Waals surface area contributed by atoms with Crippen LogP contribution in [0.25, 0.3) is 0 Å². The molecule has 0 radical (unpaired) electrons. The Labute approximate surface area is 73.6 Å². The van der Waals surface area contributed by atoms with E-state index in [-0.39, 0.29) is 5.17 Å². The molecule has 74 valence electrons. The van der Waals surface area contributed by atoms with Gasteiger partial charge < -0.3 is 10.5 Å². The Morgan fingerprint density at radius 3 is 2.33 bits per heavy atom. The molecule has 0 heterocycles. The maximum atomic E-state index is 10.8. The monoisotopic (exact) mass is 178 g/mol. The third-order valence-electron chi connectivity index (χ3n) is 1.71. The largest absolute Gasteiger partial charge is 0.609 e. The Bertz CT molecular complexity index is 121. The first-order valence-electron chi connectivity index (χ1n) is 4.02. The van der Waals surface area contributed by atoms with Crippen molar-refractivity contribution in [2.75, 3.05) is 41.3 Å². The molecule has 6 heteroatoms. The summed E-state index contributed by atoms with van der Waals surface area (Å²) in [6.07, 6.45) is 0. The summed E-state index contributed by atoms with van der Waals surface area (Å²) in [4.78, 5) is 0. The van der Waals surface area contributed by atoms with E-state index in [1.165, 1.54) is 7.05 Å². The molecule has 2 unspecified atom stereocenters. The number of nitrogens with one attached hydrogen (secondary N) is 4. The summed E-state index contributed by atoms with van der Waals surface area (Å²) in [6, 6.07) is 0. The Morgan fingerprint density at radius 1 is 1.42 bits per heavy atom. The molecule has 0 aliphatic heterocycles. The average Bonchev–Trinajstić information content (AvgIpc) is 2.00. The highest BCUT2D eigenvalue weighted by Gasteiger charge is 2.20. The quantitative estimate of drug-likeness (QED) is 0.262. The van der Waals surface area contributed by atoms with Crippen molar-refractivity contribution in [1.29, 1.82) is 0 Å². The highest BCUT2D eigenvalue weighted by Crippen LogP contribution is 1.83. The van der Waals surface area contributed by atoms with E-state index >= 15 is 0 Å². The van der Waals surface area contributed by atoms with Crippen molar-refractivity contribution < 1.29 is 9.87 Å². The minimum absolute atomic E-state index is 0.0389. The van der Waals surface area contributed by atoms with Gasteiger partial charge in [-0.2, -0.15) is 0 Å². The van der Waals surface area contributed by atoms with Crippen LogP contribution in [0.15, 0.2) is 0 Å². The zero-order chi connectivity index (χ0) is 9.61. The van der Waals surface area contributed by atoms with Crippen molar-refractivity contribution in [2.45, 2.75) is 0 Å². The maximum Gasteiger partial charge on any atom is 0.132 e. The number of likely N-dealkylation sites (N-methyl/N-ethyl adjacent to an activating group) is 2. The van der Waals surface area contributed by atoms with Gasteiger partial charge >= 0.3 is 0 Å². The number of hydrogen-bond acceptors (Lipinski definition) is 4. The lowest BCUT2D eigenvalue weighted by molar-refractivity contribution is -1.15. The summed E-state index contributed by atoms with van der Waals surface area (Å²) in [6.45, 7) is 1.64. The summed E-state index contributed by atoms with van der Waals surface area (Å²) in [5.41, 5.74) is 5.80. The first-order valence-corrected chi connectivity index (χ1v) is 4.02. The molecule has 0 aromatic carbocycles. The molecule has 0 aromatic heterocycles. The van der Waals surface area contributed by atoms with Gasteiger partial charge in [0.15, 0.2) is 0 Å². The third-order valence-corrected chi connectivity index (χ3v) is 1.71. The molecule has 12 heavy (non-hydrogen) atoms. The van der Waals surface area contributed by atoms with Crippen LogP contribution in [0.2, 0.25) is 0 Å². The van der Waals surface area contributed by atoms with Gasteiger partial charge in [-0.3, -0.25) is 0 Å². The molecule has 4 N–H and O–H groups in total. The van der Waals surface area contributed by atoms with Crippen molar-refractivity contribution in [3.63, 3.8) is 0 Å². The first kappa shape index (κ1) is 11.8. The number of hydroxylamine groups is 1. The zero-order valence-corrected chi connectivity index (χ0v) is 8.27. The van der Waals surface area contributed by atoms with Crippen LogP contribution in [-0.2, 0) is 0 Å². The Balaban J connectivity index is 3.86. The van der Waals surface area contributed by atoms with Crippen molar-refractivity contribution in [3.8, 4) is 0 Å². The molecule has 0 bridgehead atoms. The van der Waals surface area contributed by atoms with Gasteiger partial charge in [-0.1, -0.05) is 0 Å². The van der Waals surface area contributed by atoms with Gasteiger partial charge in [-0.15, -0.1) is 10.1 Å². The van der Waals surface area contributed by atoms with Gasteiger partial charge in [0.05, 0.1) is 7.05 Å². The molecule has 0 aromatic rings.